The summed E-state index contributed by atoms with van der Waals surface area (Å²) in [5.41, 5.74) is 1.44. The van der Waals surface area contributed by atoms with Crippen LogP contribution in [-0.4, -0.2) is 21.9 Å². The highest BCUT2D eigenvalue weighted by Gasteiger charge is 2.82. The minimum atomic E-state index is -0.703. The average molecular weight is 443 g/mol. The van der Waals surface area contributed by atoms with E-state index < -0.39 is 5.60 Å². The van der Waals surface area contributed by atoms with Crippen LogP contribution in [0, 0.1) is 50.7 Å². The summed E-state index contributed by atoms with van der Waals surface area (Å²) in [6.07, 6.45) is 17.4. The average Bonchev–Trinajstić information content (AvgIpc) is 3.27. The van der Waals surface area contributed by atoms with Crippen LogP contribution in [0.1, 0.15) is 113 Å². The molecule has 0 aliphatic heterocycles. The molecule has 32 heavy (non-hydrogen) atoms. The molecule has 2 spiro atoms. The van der Waals surface area contributed by atoms with Gasteiger partial charge in [-0.2, -0.15) is 0 Å². The molecule has 2 N–H and O–H groups in total. The van der Waals surface area contributed by atoms with E-state index in [2.05, 4.69) is 40.7 Å². The topological polar surface area (TPSA) is 40.5 Å². The van der Waals surface area contributed by atoms with E-state index >= 15 is 0 Å². The van der Waals surface area contributed by atoms with Crippen LogP contribution in [0.4, 0.5) is 0 Å². The summed E-state index contributed by atoms with van der Waals surface area (Å²) >= 11 is 0. The zero-order valence-corrected chi connectivity index (χ0v) is 22.0. The van der Waals surface area contributed by atoms with E-state index in [-0.39, 0.29) is 11.5 Å². The van der Waals surface area contributed by atoms with Gasteiger partial charge in [-0.3, -0.25) is 0 Å². The zero-order chi connectivity index (χ0) is 23.4. The minimum absolute atomic E-state index is 0.0912. The lowest BCUT2D eigenvalue weighted by Gasteiger charge is -2.63. The molecular weight excluding hydrogens is 392 g/mol. The van der Waals surface area contributed by atoms with Crippen molar-refractivity contribution in [2.75, 3.05) is 0 Å². The quantitative estimate of drug-likeness (QED) is 0.454. The predicted molar refractivity (Wildman–Crippen MR) is 132 cm³/mol. The summed E-state index contributed by atoms with van der Waals surface area (Å²) in [4.78, 5) is 0. The second-order valence-electron chi connectivity index (χ2n) is 14.8. The summed E-state index contributed by atoms with van der Waals surface area (Å²) in [5.74, 6) is 3.10. The van der Waals surface area contributed by atoms with Crippen molar-refractivity contribution in [3.05, 3.63) is 12.2 Å². The van der Waals surface area contributed by atoms with Crippen LogP contribution in [-0.2, 0) is 0 Å². The molecular formula is C30H50O2. The van der Waals surface area contributed by atoms with Crippen LogP contribution in [0.15, 0.2) is 12.2 Å². The Hall–Kier alpha value is -0.340. The van der Waals surface area contributed by atoms with Gasteiger partial charge >= 0.3 is 0 Å². The molecule has 2 heteroatoms. The van der Waals surface area contributed by atoms with E-state index in [0.29, 0.717) is 27.6 Å². The number of aliphatic hydroxyl groups excluding tert-OH is 1. The molecule has 5 saturated carbocycles. The molecule has 0 amide bonds. The number of rotatable bonds is 4. The van der Waals surface area contributed by atoms with E-state index in [1.807, 2.05) is 19.9 Å². The first-order chi connectivity index (χ1) is 14.7. The van der Waals surface area contributed by atoms with Crippen molar-refractivity contribution < 1.29 is 10.2 Å². The smallest absolute Gasteiger partial charge is 0.0771 e. The second kappa shape index (κ2) is 6.87. The Morgan fingerprint density at radius 3 is 2.22 bits per heavy atom. The molecule has 0 aromatic rings. The van der Waals surface area contributed by atoms with Gasteiger partial charge in [0.15, 0.2) is 0 Å². The van der Waals surface area contributed by atoms with E-state index in [1.165, 1.54) is 51.4 Å². The van der Waals surface area contributed by atoms with Crippen LogP contribution >= 0.6 is 0 Å². The van der Waals surface area contributed by atoms with Gasteiger partial charge in [-0.15, -0.1) is 0 Å². The van der Waals surface area contributed by atoms with E-state index in [9.17, 15) is 10.2 Å². The lowest BCUT2D eigenvalue weighted by molar-refractivity contribution is -0.161. The Kier molecular flexibility index (Phi) is 5.02. The highest BCUT2D eigenvalue weighted by molar-refractivity contribution is 5.30. The van der Waals surface area contributed by atoms with Gasteiger partial charge in [0, 0.05) is 0 Å². The van der Waals surface area contributed by atoms with Gasteiger partial charge in [0.25, 0.3) is 0 Å². The molecule has 1 unspecified atom stereocenters. The summed E-state index contributed by atoms with van der Waals surface area (Å²) in [5, 5.41) is 20.9. The van der Waals surface area contributed by atoms with Gasteiger partial charge in [0.2, 0.25) is 0 Å². The van der Waals surface area contributed by atoms with Crippen LogP contribution in [0.5, 0.6) is 0 Å². The summed E-state index contributed by atoms with van der Waals surface area (Å²) in [7, 11) is 0. The standard InChI is InChI=1S/C30H50O2/c1-20(9-8-14-25(2,3)32)21-12-15-28(7)23-11-10-22-26(4,5)24(31)13-16-29(22)19-30(23,29)18-17-27(21,28)6/h8,14,20-24,31-32H,9-13,15-19H2,1-7H3/b14-8-/t20-,21-,22?,23+,24+,27-,28+,29-,30+/m1/s1. The van der Waals surface area contributed by atoms with Gasteiger partial charge < -0.3 is 10.2 Å². The highest BCUT2D eigenvalue weighted by atomic mass is 16.3. The Morgan fingerprint density at radius 1 is 0.875 bits per heavy atom. The van der Waals surface area contributed by atoms with Crippen LogP contribution < -0.4 is 0 Å². The molecule has 5 rings (SSSR count). The molecule has 0 heterocycles. The van der Waals surface area contributed by atoms with Gasteiger partial charge in [-0.1, -0.05) is 46.8 Å². The molecule has 2 nitrogen and oxygen atoms in total. The number of hydrogen-bond acceptors (Lipinski definition) is 2. The maximum Gasteiger partial charge on any atom is 0.0771 e. The second-order valence-corrected chi connectivity index (χ2v) is 14.8. The molecule has 0 aromatic heterocycles. The fourth-order valence-electron chi connectivity index (χ4n) is 11.0. The molecule has 5 aliphatic rings. The molecule has 0 bridgehead atoms. The summed E-state index contributed by atoms with van der Waals surface area (Å²) < 4.78 is 0. The molecule has 0 aromatic carbocycles. The van der Waals surface area contributed by atoms with Crippen molar-refractivity contribution in [2.24, 2.45) is 50.7 Å². The first-order valence-electron chi connectivity index (χ1n) is 13.8. The molecule has 0 saturated heterocycles. The predicted octanol–water partition coefficient (Wildman–Crippen LogP) is 7.14. The van der Waals surface area contributed by atoms with Crippen LogP contribution in [0.2, 0.25) is 0 Å². The van der Waals surface area contributed by atoms with Crippen molar-refractivity contribution in [2.45, 2.75) is 124 Å². The molecule has 9 atom stereocenters. The third kappa shape index (κ3) is 2.84. The van der Waals surface area contributed by atoms with E-state index in [4.69, 9.17) is 0 Å². The first-order valence-corrected chi connectivity index (χ1v) is 13.8. The Bertz CT molecular complexity index is 791. The Balaban J connectivity index is 1.40. The maximum absolute atomic E-state index is 10.8. The number of aliphatic hydroxyl groups is 2. The van der Waals surface area contributed by atoms with Crippen molar-refractivity contribution in [1.82, 2.24) is 0 Å². The first kappa shape index (κ1) is 23.4. The monoisotopic (exact) mass is 442 g/mol. The number of hydrogen-bond donors (Lipinski definition) is 2. The molecule has 182 valence electrons. The fraction of sp³-hybridized carbons (Fsp3) is 0.933. The highest BCUT2D eigenvalue weighted by Crippen LogP contribution is 2.89. The Labute approximate surface area is 197 Å². The SMILES string of the molecule is C[C@H](C/C=C\C(C)(C)O)[C@H]1CC[C@@]2(C)[C@@H]3CCC4C(C)(C)[C@@H](O)CC[C@@]45C[C@@]35CC[C@]12C. The van der Waals surface area contributed by atoms with E-state index in [1.54, 1.807) is 0 Å². The fourth-order valence-corrected chi connectivity index (χ4v) is 11.0. The Morgan fingerprint density at radius 2 is 1.53 bits per heavy atom. The minimum Gasteiger partial charge on any atom is -0.393 e. The lowest BCUT2D eigenvalue weighted by atomic mass is 9.42. The maximum atomic E-state index is 10.8. The van der Waals surface area contributed by atoms with Crippen molar-refractivity contribution in [3.8, 4) is 0 Å². The van der Waals surface area contributed by atoms with Gasteiger partial charge in [0.05, 0.1) is 11.7 Å². The van der Waals surface area contributed by atoms with Crippen LogP contribution in [0.25, 0.3) is 0 Å². The van der Waals surface area contributed by atoms with Gasteiger partial charge in [0.1, 0.15) is 0 Å². The lowest BCUT2D eigenvalue weighted by Crippen LogP contribution is -2.57. The summed E-state index contributed by atoms with van der Waals surface area (Å²) in [6, 6.07) is 0. The van der Waals surface area contributed by atoms with Crippen molar-refractivity contribution in [3.63, 3.8) is 0 Å². The summed E-state index contributed by atoms with van der Waals surface area (Å²) in [6.45, 7) is 16.3. The third-order valence-electron chi connectivity index (χ3n) is 12.9. The molecule has 5 aliphatic carbocycles. The van der Waals surface area contributed by atoms with Crippen molar-refractivity contribution >= 4 is 0 Å². The van der Waals surface area contributed by atoms with Gasteiger partial charge in [-0.05, 0) is 129 Å². The van der Waals surface area contributed by atoms with E-state index in [0.717, 1.165) is 30.6 Å². The molecule has 5 fully saturated rings. The third-order valence-corrected chi connectivity index (χ3v) is 12.9. The largest absolute Gasteiger partial charge is 0.393 e. The van der Waals surface area contributed by atoms with Crippen LogP contribution in [0.3, 0.4) is 0 Å². The zero-order valence-electron chi connectivity index (χ0n) is 22.0. The molecule has 0 radical (unpaired) electrons. The normalized spacial score (nSPS) is 52.7. The van der Waals surface area contributed by atoms with Gasteiger partial charge in [-0.25, -0.2) is 0 Å². The number of fused-ring (bicyclic) bond motifs is 2. The van der Waals surface area contributed by atoms with Crippen molar-refractivity contribution in [1.29, 1.82) is 0 Å². The number of allylic oxidation sites excluding steroid dienone is 1.